The molecule has 0 unspecified atom stereocenters. The van der Waals surface area contributed by atoms with E-state index >= 15 is 0 Å². The lowest BCUT2D eigenvalue weighted by molar-refractivity contribution is -0.388. The zero-order valence-electron chi connectivity index (χ0n) is 9.47. The fourth-order valence-electron chi connectivity index (χ4n) is 1.33. The topological polar surface area (TPSA) is 73.0 Å². The minimum Gasteiger partial charge on any atom is -0.364 e. The molecule has 0 amide bonds. The molecule has 0 bridgehead atoms. The van der Waals surface area contributed by atoms with Gasteiger partial charge in [-0.25, -0.2) is 0 Å². The van der Waals surface area contributed by atoms with Gasteiger partial charge < -0.3 is 15.4 Å². The number of anilines is 1. The van der Waals surface area contributed by atoms with Gasteiger partial charge in [0, 0.05) is 13.6 Å². The Kier molecular flexibility index (Phi) is 5.10. The van der Waals surface area contributed by atoms with E-state index < -0.39 is 4.92 Å². The van der Waals surface area contributed by atoms with Gasteiger partial charge in [0.25, 0.3) is 0 Å². The van der Waals surface area contributed by atoms with Gasteiger partial charge in [0.2, 0.25) is 12.1 Å². The van der Waals surface area contributed by atoms with E-state index in [0.29, 0.717) is 5.82 Å². The average molecular weight is 244 g/mol. The molecule has 7 heteroatoms. The molecule has 1 aromatic heterocycles. The third-order valence-electron chi connectivity index (χ3n) is 2.16. The molecule has 0 aliphatic heterocycles. The fraction of sp³-hybridized carbons (Fsp3) is 0.667. The number of imidazole rings is 1. The van der Waals surface area contributed by atoms with Crippen molar-refractivity contribution in [3.05, 3.63) is 16.4 Å². The van der Waals surface area contributed by atoms with Gasteiger partial charge in [-0.15, -0.1) is 0 Å². The van der Waals surface area contributed by atoms with Gasteiger partial charge in [-0.05, 0) is 34.8 Å². The molecule has 0 atom stereocenters. The van der Waals surface area contributed by atoms with Crippen LogP contribution in [0.2, 0.25) is 0 Å². The van der Waals surface area contributed by atoms with Gasteiger partial charge in [-0.3, -0.25) is 4.57 Å². The van der Waals surface area contributed by atoms with Crippen molar-refractivity contribution in [1.29, 1.82) is 0 Å². The average Bonchev–Trinajstić information content (AvgIpc) is 2.60. The molecule has 0 aromatic carbocycles. The third kappa shape index (κ3) is 3.41. The van der Waals surface area contributed by atoms with Crippen LogP contribution in [0.4, 0.5) is 11.6 Å². The Balaban J connectivity index is 2.46. The number of unbranched alkanes of at least 4 members (excludes halogenated alkanes) is 1. The maximum atomic E-state index is 10.7. The summed E-state index contributed by atoms with van der Waals surface area (Å²) in [6.07, 6.45) is 5.63. The lowest BCUT2D eigenvalue weighted by Crippen LogP contribution is -2.07. The lowest BCUT2D eigenvalue weighted by Gasteiger charge is -2.05. The standard InChI is InChI=1S/C9H16N4O2S/c1-12-7-11-9(13(14)15)8(12)10-5-3-4-6-16-2/h7,10H,3-6H2,1-2H3. The summed E-state index contributed by atoms with van der Waals surface area (Å²) in [7, 11) is 1.74. The smallest absolute Gasteiger partial charge is 0.364 e. The van der Waals surface area contributed by atoms with E-state index in [9.17, 15) is 10.1 Å². The van der Waals surface area contributed by atoms with Gasteiger partial charge in [-0.2, -0.15) is 11.8 Å². The number of rotatable bonds is 7. The predicted molar refractivity (Wildman–Crippen MR) is 66.0 cm³/mol. The minimum atomic E-state index is -0.468. The molecule has 90 valence electrons. The maximum absolute atomic E-state index is 10.7. The minimum absolute atomic E-state index is 0.104. The van der Waals surface area contributed by atoms with Crippen LogP contribution in [0.15, 0.2) is 6.33 Å². The number of aromatic nitrogens is 2. The fourth-order valence-corrected chi connectivity index (χ4v) is 1.83. The van der Waals surface area contributed by atoms with Crippen LogP contribution in [0, 0.1) is 10.1 Å². The summed E-state index contributed by atoms with van der Waals surface area (Å²) in [6.45, 7) is 0.737. The zero-order valence-corrected chi connectivity index (χ0v) is 10.3. The molecule has 16 heavy (non-hydrogen) atoms. The van der Waals surface area contributed by atoms with Crippen LogP contribution in [0.25, 0.3) is 0 Å². The van der Waals surface area contributed by atoms with E-state index in [0.717, 1.165) is 25.1 Å². The van der Waals surface area contributed by atoms with Gasteiger partial charge in [-0.1, -0.05) is 0 Å². The summed E-state index contributed by atoms with van der Waals surface area (Å²) in [4.78, 5) is 13.9. The van der Waals surface area contributed by atoms with Crippen LogP contribution >= 0.6 is 11.8 Å². The van der Waals surface area contributed by atoms with Crippen molar-refractivity contribution in [3.8, 4) is 0 Å². The van der Waals surface area contributed by atoms with Crippen LogP contribution in [-0.2, 0) is 7.05 Å². The molecule has 1 heterocycles. The first-order valence-corrected chi connectivity index (χ1v) is 6.44. The molecule has 0 saturated carbocycles. The molecule has 0 fully saturated rings. The molecule has 0 spiro atoms. The van der Waals surface area contributed by atoms with Crippen LogP contribution in [0.3, 0.4) is 0 Å². The van der Waals surface area contributed by atoms with E-state index in [1.807, 2.05) is 11.8 Å². The highest BCUT2D eigenvalue weighted by Crippen LogP contribution is 2.20. The van der Waals surface area contributed by atoms with Crippen LogP contribution < -0.4 is 5.32 Å². The molecule has 0 radical (unpaired) electrons. The number of hydrogen-bond donors (Lipinski definition) is 1. The highest BCUT2D eigenvalue weighted by Gasteiger charge is 2.18. The number of nitro groups is 1. The Morgan fingerprint density at radius 1 is 1.62 bits per heavy atom. The van der Waals surface area contributed by atoms with Crippen LogP contribution in [0.1, 0.15) is 12.8 Å². The monoisotopic (exact) mass is 244 g/mol. The first-order valence-electron chi connectivity index (χ1n) is 5.05. The Bertz CT molecular complexity index is 353. The van der Waals surface area contributed by atoms with Gasteiger partial charge in [0.05, 0.1) is 0 Å². The molecule has 0 saturated heterocycles. The number of nitrogens with one attached hydrogen (secondary N) is 1. The maximum Gasteiger partial charge on any atom is 0.406 e. The molecular weight excluding hydrogens is 228 g/mol. The largest absolute Gasteiger partial charge is 0.406 e. The summed E-state index contributed by atoms with van der Waals surface area (Å²) >= 11 is 1.81. The van der Waals surface area contributed by atoms with E-state index in [1.54, 1.807) is 11.6 Å². The molecule has 1 aromatic rings. The number of thioether (sulfide) groups is 1. The van der Waals surface area contributed by atoms with Crippen molar-refractivity contribution in [1.82, 2.24) is 9.55 Å². The Hall–Kier alpha value is -1.24. The van der Waals surface area contributed by atoms with Crippen LogP contribution in [-0.4, -0.2) is 33.0 Å². The SMILES string of the molecule is CSCCCCNc1c([N+](=O)[O-])ncn1C. The Morgan fingerprint density at radius 2 is 2.38 bits per heavy atom. The van der Waals surface area contributed by atoms with Crippen molar-refractivity contribution in [2.45, 2.75) is 12.8 Å². The van der Waals surface area contributed by atoms with Gasteiger partial charge >= 0.3 is 5.82 Å². The summed E-state index contributed by atoms with van der Waals surface area (Å²) in [5.41, 5.74) is 0. The Labute approximate surface area is 98.6 Å². The van der Waals surface area contributed by atoms with E-state index in [-0.39, 0.29) is 5.82 Å². The van der Waals surface area contributed by atoms with Gasteiger partial charge in [0.1, 0.15) is 0 Å². The van der Waals surface area contributed by atoms with Crippen molar-refractivity contribution >= 4 is 23.4 Å². The molecule has 0 aliphatic rings. The highest BCUT2D eigenvalue weighted by atomic mass is 32.2. The van der Waals surface area contributed by atoms with Crippen molar-refractivity contribution < 1.29 is 4.92 Å². The van der Waals surface area contributed by atoms with Crippen molar-refractivity contribution in [3.63, 3.8) is 0 Å². The zero-order chi connectivity index (χ0) is 12.0. The molecule has 1 N–H and O–H groups in total. The van der Waals surface area contributed by atoms with E-state index in [4.69, 9.17) is 0 Å². The quantitative estimate of drug-likeness (QED) is 0.450. The normalized spacial score (nSPS) is 10.4. The molecule has 6 nitrogen and oxygen atoms in total. The van der Waals surface area contributed by atoms with Crippen molar-refractivity contribution in [2.75, 3.05) is 23.9 Å². The number of nitrogens with zero attached hydrogens (tertiary/aromatic N) is 3. The summed E-state index contributed by atoms with van der Waals surface area (Å²) in [6, 6.07) is 0. The summed E-state index contributed by atoms with van der Waals surface area (Å²) in [5, 5.41) is 13.7. The van der Waals surface area contributed by atoms with E-state index in [2.05, 4.69) is 16.6 Å². The number of aryl methyl sites for hydroxylation is 1. The predicted octanol–water partition coefficient (Wildman–Crippen LogP) is 1.88. The Morgan fingerprint density at radius 3 is 3.00 bits per heavy atom. The van der Waals surface area contributed by atoms with Crippen LogP contribution in [0.5, 0.6) is 0 Å². The molecular formula is C9H16N4O2S. The summed E-state index contributed by atoms with van der Waals surface area (Å²) < 4.78 is 1.63. The highest BCUT2D eigenvalue weighted by molar-refractivity contribution is 7.98. The third-order valence-corrected chi connectivity index (χ3v) is 2.86. The second-order valence-electron chi connectivity index (χ2n) is 3.41. The molecule has 1 rings (SSSR count). The number of hydrogen-bond acceptors (Lipinski definition) is 5. The van der Waals surface area contributed by atoms with E-state index in [1.165, 1.54) is 6.33 Å². The first-order chi connectivity index (χ1) is 7.66. The molecule has 0 aliphatic carbocycles. The second-order valence-corrected chi connectivity index (χ2v) is 4.40. The summed E-state index contributed by atoms with van der Waals surface area (Å²) in [5.74, 6) is 1.50. The van der Waals surface area contributed by atoms with Gasteiger partial charge in [0.15, 0.2) is 0 Å². The van der Waals surface area contributed by atoms with Crippen molar-refractivity contribution in [2.24, 2.45) is 7.05 Å². The second kappa shape index (κ2) is 6.37. The first kappa shape index (κ1) is 12.8. The lowest BCUT2D eigenvalue weighted by atomic mass is 10.3.